The summed E-state index contributed by atoms with van der Waals surface area (Å²) in [6.07, 6.45) is 6.90. The molecule has 2 unspecified atom stereocenters. The van der Waals surface area contributed by atoms with Gasteiger partial charge in [0, 0.05) is 55.7 Å². The third-order valence-electron chi connectivity index (χ3n) is 6.95. The zero-order valence-corrected chi connectivity index (χ0v) is 20.7. The second kappa shape index (κ2) is 10.8. The van der Waals surface area contributed by atoms with Gasteiger partial charge in [0.15, 0.2) is 0 Å². The Bertz CT molecular complexity index is 1270. The lowest BCUT2D eigenvalue weighted by Gasteiger charge is -2.43. The number of furan rings is 1. The highest BCUT2D eigenvalue weighted by Gasteiger charge is 2.34. The number of rotatable bonds is 7. The van der Waals surface area contributed by atoms with Crippen LogP contribution in [-0.2, 0) is 17.9 Å². The van der Waals surface area contributed by atoms with E-state index in [9.17, 15) is 4.79 Å². The topological polar surface area (TPSA) is 74.5 Å². The Balaban J connectivity index is 1.24. The first-order valence-corrected chi connectivity index (χ1v) is 12.3. The van der Waals surface area contributed by atoms with Crippen LogP contribution in [0.15, 0.2) is 90.1 Å². The summed E-state index contributed by atoms with van der Waals surface area (Å²) in [6, 6.07) is 20.3. The first-order chi connectivity index (χ1) is 17.6. The molecule has 36 heavy (non-hydrogen) atoms. The molecule has 0 bridgehead atoms. The van der Waals surface area contributed by atoms with Crippen molar-refractivity contribution in [3.05, 3.63) is 96.8 Å². The Morgan fingerprint density at radius 3 is 2.53 bits per heavy atom. The van der Waals surface area contributed by atoms with E-state index in [0.717, 1.165) is 41.1 Å². The fourth-order valence-corrected chi connectivity index (χ4v) is 4.81. The Kier molecular flexibility index (Phi) is 7.21. The normalized spacial score (nSPS) is 18.7. The Morgan fingerprint density at radius 2 is 1.78 bits per heavy atom. The number of likely N-dealkylation sites (N-methyl/N-ethyl adjacent to an activating group) is 1. The summed E-state index contributed by atoms with van der Waals surface area (Å²) in [5, 5.41) is 3.15. The van der Waals surface area contributed by atoms with Gasteiger partial charge < -0.3 is 9.73 Å². The van der Waals surface area contributed by atoms with Crippen molar-refractivity contribution in [3.63, 3.8) is 0 Å². The van der Waals surface area contributed by atoms with Crippen LogP contribution in [0, 0.1) is 0 Å². The number of hydrogen-bond acceptors (Lipinski definition) is 6. The van der Waals surface area contributed by atoms with Crippen molar-refractivity contribution in [3.8, 4) is 22.5 Å². The van der Waals surface area contributed by atoms with Crippen molar-refractivity contribution in [2.24, 2.45) is 0 Å². The highest BCUT2D eigenvalue weighted by Crippen LogP contribution is 2.25. The summed E-state index contributed by atoms with van der Waals surface area (Å²) in [7, 11) is 2.04. The van der Waals surface area contributed by atoms with E-state index >= 15 is 0 Å². The number of hydrogen-bond donors (Lipinski definition) is 1. The van der Waals surface area contributed by atoms with Crippen LogP contribution in [0.2, 0.25) is 0 Å². The Hall–Kier alpha value is -3.81. The molecule has 0 spiro atoms. The highest BCUT2D eigenvalue weighted by atomic mass is 16.3. The van der Waals surface area contributed by atoms with Gasteiger partial charge in [-0.1, -0.05) is 48.5 Å². The number of piperazine rings is 1. The number of amides is 1. The van der Waals surface area contributed by atoms with E-state index in [-0.39, 0.29) is 18.0 Å². The zero-order chi connectivity index (χ0) is 24.9. The van der Waals surface area contributed by atoms with Gasteiger partial charge in [0.05, 0.1) is 6.26 Å². The number of nitrogens with zero attached hydrogens (tertiary/aromatic N) is 4. The lowest BCUT2D eigenvalue weighted by atomic mass is 10.00. The smallest absolute Gasteiger partial charge is 0.238 e. The quantitative estimate of drug-likeness (QED) is 0.426. The molecule has 7 nitrogen and oxygen atoms in total. The molecule has 2 aromatic heterocycles. The largest absolute Gasteiger partial charge is 0.464 e. The van der Waals surface area contributed by atoms with Crippen LogP contribution in [0.25, 0.3) is 22.5 Å². The summed E-state index contributed by atoms with van der Waals surface area (Å²) in [4.78, 5) is 26.2. The van der Waals surface area contributed by atoms with Crippen molar-refractivity contribution in [2.45, 2.75) is 32.1 Å². The minimum atomic E-state index is -0.219. The van der Waals surface area contributed by atoms with Gasteiger partial charge in [0.1, 0.15) is 18.1 Å². The fourth-order valence-electron chi connectivity index (χ4n) is 4.81. The molecule has 1 amide bonds. The van der Waals surface area contributed by atoms with E-state index in [1.807, 2.05) is 61.9 Å². The van der Waals surface area contributed by atoms with E-state index in [1.54, 1.807) is 12.6 Å². The highest BCUT2D eigenvalue weighted by molar-refractivity contribution is 5.82. The van der Waals surface area contributed by atoms with E-state index in [2.05, 4.69) is 50.2 Å². The molecule has 1 aliphatic heterocycles. The minimum Gasteiger partial charge on any atom is -0.464 e. The molecule has 7 heteroatoms. The SMILES string of the molecule is CC1CN(Cc2ccccc2-c2cncnc2)CC(C(=O)NCc2ccc(-c3ccco3)cc2)N1C. The standard InChI is InChI=1S/C29H31N5O2/c1-21-17-34(18-24-6-3-4-7-26(24)25-15-30-20-31-16-25)19-27(33(21)2)29(35)32-14-22-9-11-23(12-10-22)28-8-5-13-36-28/h3-13,15-16,20-21,27H,14,17-19H2,1-2H3,(H,32,35). The van der Waals surface area contributed by atoms with E-state index in [4.69, 9.17) is 4.42 Å². The number of nitrogens with one attached hydrogen (secondary N) is 1. The molecule has 4 aromatic rings. The molecular formula is C29H31N5O2. The second-order valence-corrected chi connectivity index (χ2v) is 9.40. The predicted octanol–water partition coefficient (Wildman–Crippen LogP) is 4.22. The second-order valence-electron chi connectivity index (χ2n) is 9.40. The maximum Gasteiger partial charge on any atom is 0.238 e. The number of benzene rings is 2. The van der Waals surface area contributed by atoms with Gasteiger partial charge >= 0.3 is 0 Å². The van der Waals surface area contributed by atoms with Crippen LogP contribution >= 0.6 is 0 Å². The molecular weight excluding hydrogens is 450 g/mol. The predicted molar refractivity (Wildman–Crippen MR) is 140 cm³/mol. The third-order valence-corrected chi connectivity index (χ3v) is 6.95. The summed E-state index contributed by atoms with van der Waals surface area (Å²) >= 11 is 0. The summed E-state index contributed by atoms with van der Waals surface area (Å²) < 4.78 is 5.46. The molecule has 1 fully saturated rings. The van der Waals surface area contributed by atoms with Gasteiger partial charge in [-0.2, -0.15) is 0 Å². The van der Waals surface area contributed by atoms with Gasteiger partial charge in [0.25, 0.3) is 0 Å². The summed E-state index contributed by atoms with van der Waals surface area (Å²) in [5.74, 6) is 0.888. The summed E-state index contributed by atoms with van der Waals surface area (Å²) in [6.45, 7) is 5.00. The molecule has 1 aliphatic rings. The van der Waals surface area contributed by atoms with Crippen LogP contribution in [0.5, 0.6) is 0 Å². The number of carbonyl (C=O) groups excluding carboxylic acids is 1. The van der Waals surface area contributed by atoms with Gasteiger partial charge in [-0.05, 0) is 42.8 Å². The molecule has 2 atom stereocenters. The molecule has 0 aliphatic carbocycles. The van der Waals surface area contributed by atoms with Crippen molar-refractivity contribution < 1.29 is 9.21 Å². The minimum absolute atomic E-state index is 0.0499. The van der Waals surface area contributed by atoms with E-state index in [1.165, 1.54) is 5.56 Å². The van der Waals surface area contributed by atoms with Crippen LogP contribution in [0.3, 0.4) is 0 Å². The maximum absolute atomic E-state index is 13.3. The summed E-state index contributed by atoms with van der Waals surface area (Å²) in [5.41, 5.74) is 5.42. The van der Waals surface area contributed by atoms with Crippen molar-refractivity contribution >= 4 is 5.91 Å². The monoisotopic (exact) mass is 481 g/mol. The van der Waals surface area contributed by atoms with Crippen LogP contribution < -0.4 is 5.32 Å². The van der Waals surface area contributed by atoms with Gasteiger partial charge in [-0.15, -0.1) is 0 Å². The first-order valence-electron chi connectivity index (χ1n) is 12.3. The third kappa shape index (κ3) is 5.37. The lowest BCUT2D eigenvalue weighted by molar-refractivity contribution is -0.130. The van der Waals surface area contributed by atoms with Crippen molar-refractivity contribution in [2.75, 3.05) is 20.1 Å². The van der Waals surface area contributed by atoms with Crippen LogP contribution in [0.4, 0.5) is 0 Å². The first kappa shape index (κ1) is 23.9. The Labute approximate surface area is 211 Å². The van der Waals surface area contributed by atoms with E-state index < -0.39 is 0 Å². The van der Waals surface area contributed by atoms with Crippen LogP contribution in [-0.4, -0.2) is 57.9 Å². The molecule has 5 rings (SSSR count). The average Bonchev–Trinajstić information content (AvgIpc) is 3.45. The van der Waals surface area contributed by atoms with Crippen molar-refractivity contribution in [1.82, 2.24) is 25.1 Å². The lowest BCUT2D eigenvalue weighted by Crippen LogP contribution is -2.60. The number of aromatic nitrogens is 2. The zero-order valence-electron chi connectivity index (χ0n) is 20.7. The molecule has 3 heterocycles. The molecule has 0 radical (unpaired) electrons. The van der Waals surface area contributed by atoms with Crippen molar-refractivity contribution in [1.29, 1.82) is 0 Å². The number of carbonyl (C=O) groups is 1. The molecule has 1 N–H and O–H groups in total. The van der Waals surface area contributed by atoms with Gasteiger partial charge in [-0.3, -0.25) is 14.6 Å². The Morgan fingerprint density at radius 1 is 1.00 bits per heavy atom. The molecule has 2 aromatic carbocycles. The molecule has 0 saturated carbocycles. The van der Waals surface area contributed by atoms with E-state index in [0.29, 0.717) is 13.1 Å². The van der Waals surface area contributed by atoms with Gasteiger partial charge in [-0.25, -0.2) is 9.97 Å². The van der Waals surface area contributed by atoms with Gasteiger partial charge in [0.2, 0.25) is 5.91 Å². The fraction of sp³-hybridized carbons (Fsp3) is 0.276. The molecule has 184 valence electrons. The maximum atomic E-state index is 13.3. The van der Waals surface area contributed by atoms with Crippen LogP contribution in [0.1, 0.15) is 18.1 Å². The average molecular weight is 482 g/mol. The molecule has 1 saturated heterocycles.